The SMILES string of the molecule is C[S@@](=O)c1ccc(C(=O)Nc2n[nH]c3ccccc23)cc1. The summed E-state index contributed by atoms with van der Waals surface area (Å²) in [5.41, 5.74) is 1.36. The number of hydrogen-bond acceptors (Lipinski definition) is 3. The molecule has 2 aromatic carbocycles. The molecule has 0 radical (unpaired) electrons. The standard InChI is InChI=1S/C15H13N3O2S/c1-21(20)11-8-6-10(7-9-11)15(19)16-14-12-4-2-3-5-13(12)17-18-14/h2-9H,1H3,(H2,16,17,18,19)/t21-/m1/s1. The number of nitrogens with zero attached hydrogens (tertiary/aromatic N) is 1. The third-order valence-corrected chi connectivity index (χ3v) is 4.09. The van der Waals surface area contributed by atoms with Crippen LogP contribution in [0.5, 0.6) is 0 Å². The molecule has 5 nitrogen and oxygen atoms in total. The lowest BCUT2D eigenvalue weighted by atomic mass is 10.2. The molecule has 0 aliphatic heterocycles. The van der Waals surface area contributed by atoms with Crippen LogP contribution in [0.2, 0.25) is 0 Å². The summed E-state index contributed by atoms with van der Waals surface area (Å²) in [6.45, 7) is 0. The summed E-state index contributed by atoms with van der Waals surface area (Å²) in [5, 5.41) is 10.6. The van der Waals surface area contributed by atoms with Gasteiger partial charge in [0.15, 0.2) is 5.82 Å². The zero-order valence-corrected chi connectivity index (χ0v) is 12.1. The molecule has 1 atom stereocenters. The maximum absolute atomic E-state index is 12.2. The molecule has 1 aromatic heterocycles. The van der Waals surface area contributed by atoms with Crippen LogP contribution in [0.1, 0.15) is 10.4 Å². The number of aromatic nitrogens is 2. The number of benzene rings is 2. The minimum Gasteiger partial charge on any atom is -0.305 e. The molecule has 2 N–H and O–H groups in total. The van der Waals surface area contributed by atoms with E-state index in [2.05, 4.69) is 15.5 Å². The molecular weight excluding hydrogens is 286 g/mol. The van der Waals surface area contributed by atoms with Crippen LogP contribution in [0.15, 0.2) is 53.4 Å². The number of anilines is 1. The van der Waals surface area contributed by atoms with Crippen molar-refractivity contribution < 1.29 is 9.00 Å². The number of fused-ring (bicyclic) bond motifs is 1. The maximum Gasteiger partial charge on any atom is 0.256 e. The summed E-state index contributed by atoms with van der Waals surface area (Å²) < 4.78 is 11.3. The molecular formula is C15H13N3O2S. The molecule has 0 unspecified atom stereocenters. The van der Waals surface area contributed by atoms with Crippen molar-refractivity contribution in [1.29, 1.82) is 0 Å². The van der Waals surface area contributed by atoms with Gasteiger partial charge in [-0.05, 0) is 36.4 Å². The van der Waals surface area contributed by atoms with Crippen molar-refractivity contribution >= 4 is 33.4 Å². The number of rotatable bonds is 3. The minimum absolute atomic E-state index is 0.249. The number of para-hydroxylation sites is 1. The van der Waals surface area contributed by atoms with E-state index >= 15 is 0 Å². The first-order valence-electron chi connectivity index (χ1n) is 6.33. The van der Waals surface area contributed by atoms with E-state index in [0.717, 1.165) is 10.9 Å². The van der Waals surface area contributed by atoms with Gasteiger partial charge in [-0.2, -0.15) is 5.10 Å². The predicted octanol–water partition coefficient (Wildman–Crippen LogP) is 2.55. The Hall–Kier alpha value is -2.47. The number of amides is 1. The van der Waals surface area contributed by atoms with Gasteiger partial charge in [0.05, 0.1) is 5.52 Å². The van der Waals surface area contributed by atoms with Crippen molar-refractivity contribution in [2.24, 2.45) is 0 Å². The highest BCUT2D eigenvalue weighted by Gasteiger charge is 2.11. The fraction of sp³-hybridized carbons (Fsp3) is 0.0667. The monoisotopic (exact) mass is 299 g/mol. The highest BCUT2D eigenvalue weighted by atomic mass is 32.2. The lowest BCUT2D eigenvalue weighted by Gasteiger charge is -2.03. The summed E-state index contributed by atoms with van der Waals surface area (Å²) in [6, 6.07) is 14.2. The number of nitrogens with one attached hydrogen (secondary N) is 2. The van der Waals surface area contributed by atoms with Crippen LogP contribution >= 0.6 is 0 Å². The van der Waals surface area contributed by atoms with E-state index in [9.17, 15) is 9.00 Å². The van der Waals surface area contributed by atoms with Gasteiger partial charge in [-0.3, -0.25) is 14.1 Å². The topological polar surface area (TPSA) is 74.8 Å². The predicted molar refractivity (Wildman–Crippen MR) is 82.8 cm³/mol. The first kappa shape index (κ1) is 13.5. The smallest absolute Gasteiger partial charge is 0.256 e. The maximum atomic E-state index is 12.2. The summed E-state index contributed by atoms with van der Waals surface area (Å²) in [6.07, 6.45) is 1.60. The van der Waals surface area contributed by atoms with Crippen LogP contribution in [0.4, 0.5) is 5.82 Å². The molecule has 0 bridgehead atoms. The minimum atomic E-state index is -1.05. The van der Waals surface area contributed by atoms with Gasteiger partial charge in [0, 0.05) is 32.9 Å². The fourth-order valence-corrected chi connectivity index (χ4v) is 2.56. The molecule has 1 heterocycles. The number of aromatic amines is 1. The summed E-state index contributed by atoms with van der Waals surface area (Å²) in [7, 11) is -1.05. The van der Waals surface area contributed by atoms with Crippen LogP contribution in [0, 0.1) is 0 Å². The Morgan fingerprint density at radius 3 is 2.57 bits per heavy atom. The second-order valence-corrected chi connectivity index (χ2v) is 5.93. The number of carbonyl (C=O) groups excluding carboxylic acids is 1. The Kier molecular flexibility index (Phi) is 3.53. The Morgan fingerprint density at radius 1 is 1.14 bits per heavy atom. The van der Waals surface area contributed by atoms with Gasteiger partial charge in [0.2, 0.25) is 0 Å². The zero-order valence-electron chi connectivity index (χ0n) is 11.3. The Balaban J connectivity index is 1.84. The molecule has 6 heteroatoms. The van der Waals surface area contributed by atoms with Gasteiger partial charge in [-0.25, -0.2) is 0 Å². The molecule has 0 saturated carbocycles. The van der Waals surface area contributed by atoms with E-state index in [0.29, 0.717) is 16.3 Å². The third kappa shape index (κ3) is 2.71. The van der Waals surface area contributed by atoms with Crippen LogP contribution in [-0.2, 0) is 10.8 Å². The second-order valence-electron chi connectivity index (χ2n) is 4.55. The van der Waals surface area contributed by atoms with Crippen molar-refractivity contribution in [2.45, 2.75) is 4.90 Å². The number of hydrogen-bond donors (Lipinski definition) is 2. The fourth-order valence-electron chi connectivity index (χ4n) is 2.04. The largest absolute Gasteiger partial charge is 0.305 e. The van der Waals surface area contributed by atoms with Crippen molar-refractivity contribution in [3.8, 4) is 0 Å². The Labute approximate surface area is 123 Å². The van der Waals surface area contributed by atoms with E-state index in [1.54, 1.807) is 30.5 Å². The van der Waals surface area contributed by atoms with Gasteiger partial charge in [0.1, 0.15) is 0 Å². The molecule has 21 heavy (non-hydrogen) atoms. The summed E-state index contributed by atoms with van der Waals surface area (Å²) >= 11 is 0. The molecule has 106 valence electrons. The van der Waals surface area contributed by atoms with Crippen molar-refractivity contribution in [3.63, 3.8) is 0 Å². The molecule has 0 fully saturated rings. The van der Waals surface area contributed by atoms with E-state index < -0.39 is 10.8 Å². The van der Waals surface area contributed by atoms with Gasteiger partial charge < -0.3 is 5.32 Å². The van der Waals surface area contributed by atoms with Crippen LogP contribution in [-0.4, -0.2) is 26.6 Å². The highest BCUT2D eigenvalue weighted by Crippen LogP contribution is 2.20. The molecule has 1 amide bonds. The zero-order chi connectivity index (χ0) is 14.8. The van der Waals surface area contributed by atoms with Crippen LogP contribution in [0.25, 0.3) is 10.9 Å². The van der Waals surface area contributed by atoms with Crippen molar-refractivity contribution in [1.82, 2.24) is 10.2 Å². The highest BCUT2D eigenvalue weighted by molar-refractivity contribution is 7.84. The molecule has 0 aliphatic rings. The van der Waals surface area contributed by atoms with E-state index in [1.165, 1.54) is 0 Å². The Morgan fingerprint density at radius 2 is 1.86 bits per heavy atom. The lowest BCUT2D eigenvalue weighted by molar-refractivity contribution is 0.102. The second kappa shape index (κ2) is 5.49. The van der Waals surface area contributed by atoms with Gasteiger partial charge in [-0.1, -0.05) is 12.1 Å². The summed E-state index contributed by atoms with van der Waals surface area (Å²) in [4.78, 5) is 12.9. The average molecular weight is 299 g/mol. The first-order chi connectivity index (χ1) is 10.1. The van der Waals surface area contributed by atoms with Gasteiger partial charge >= 0.3 is 0 Å². The van der Waals surface area contributed by atoms with Crippen LogP contribution in [0.3, 0.4) is 0 Å². The quantitative estimate of drug-likeness (QED) is 0.780. The average Bonchev–Trinajstić information content (AvgIpc) is 2.91. The van der Waals surface area contributed by atoms with Crippen molar-refractivity contribution in [2.75, 3.05) is 11.6 Å². The van der Waals surface area contributed by atoms with Gasteiger partial charge in [0.25, 0.3) is 5.91 Å². The van der Waals surface area contributed by atoms with Crippen molar-refractivity contribution in [3.05, 3.63) is 54.1 Å². The van der Waals surface area contributed by atoms with E-state index in [-0.39, 0.29) is 5.91 Å². The van der Waals surface area contributed by atoms with E-state index in [4.69, 9.17) is 0 Å². The van der Waals surface area contributed by atoms with Gasteiger partial charge in [-0.15, -0.1) is 0 Å². The molecule has 3 rings (SSSR count). The first-order valence-corrected chi connectivity index (χ1v) is 7.89. The number of carbonyl (C=O) groups is 1. The Bertz CT molecular complexity index is 824. The molecule has 0 aliphatic carbocycles. The lowest BCUT2D eigenvalue weighted by Crippen LogP contribution is -2.12. The molecule has 3 aromatic rings. The molecule has 0 spiro atoms. The number of H-pyrrole nitrogens is 1. The van der Waals surface area contributed by atoms with E-state index in [1.807, 2.05) is 24.3 Å². The molecule has 0 saturated heterocycles. The van der Waals surface area contributed by atoms with Crippen LogP contribution < -0.4 is 5.32 Å². The summed E-state index contributed by atoms with van der Waals surface area (Å²) in [5.74, 6) is 0.249. The third-order valence-electron chi connectivity index (χ3n) is 3.15. The normalized spacial score (nSPS) is 12.2.